The molecule has 0 saturated carbocycles. The van der Waals surface area contributed by atoms with Gasteiger partial charge in [-0.2, -0.15) is 10.5 Å². The Hall–Kier alpha value is -2.42. The lowest BCUT2D eigenvalue weighted by atomic mass is 9.93. The van der Waals surface area contributed by atoms with Gasteiger partial charge in [-0.25, -0.2) is 0 Å². The Kier molecular flexibility index (Phi) is 21.6. The van der Waals surface area contributed by atoms with Gasteiger partial charge in [0.05, 0.1) is 45.2 Å². The van der Waals surface area contributed by atoms with Crippen molar-refractivity contribution in [2.24, 2.45) is 0 Å². The van der Waals surface area contributed by atoms with Gasteiger partial charge in [-0.3, -0.25) is 0 Å². The van der Waals surface area contributed by atoms with Gasteiger partial charge in [0.1, 0.15) is 171 Å². The van der Waals surface area contributed by atoms with E-state index in [9.17, 15) is 118 Å². The van der Waals surface area contributed by atoms with E-state index in [1.807, 2.05) is 0 Å². The summed E-state index contributed by atoms with van der Waals surface area (Å²) >= 11 is 0. The Morgan fingerprint density at radius 1 is 0.247 bits per heavy atom. The highest BCUT2D eigenvalue weighted by molar-refractivity contribution is 5.05. The van der Waals surface area contributed by atoms with Crippen molar-refractivity contribution in [3.63, 3.8) is 0 Å². The molecule has 37 atom stereocenters. The van der Waals surface area contributed by atoms with E-state index in [0.717, 1.165) is 0 Å². The van der Waals surface area contributed by atoms with Crippen LogP contribution in [0.3, 0.4) is 0 Å². The molecule has 0 radical (unpaired) electrons. The van der Waals surface area contributed by atoms with Gasteiger partial charge >= 0.3 is 0 Å². The Balaban J connectivity index is 1.11. The minimum atomic E-state index is -2.35. The molecule has 21 aliphatic heterocycles. The first-order valence-corrected chi connectivity index (χ1v) is 25.4. The van der Waals surface area contributed by atoms with Crippen molar-refractivity contribution in [2.75, 3.05) is 33.0 Å². The smallest absolute Gasteiger partial charge is 0.187 e. The molecule has 37 nitrogen and oxygen atoms in total. The van der Waals surface area contributed by atoms with E-state index in [1.165, 1.54) is 12.1 Å². The summed E-state index contributed by atoms with van der Waals surface area (Å²) < 4.78 is 79.2. The van der Waals surface area contributed by atoms with Gasteiger partial charge in [0, 0.05) is 0 Å². The molecule has 21 N–H and O–H groups in total. The summed E-state index contributed by atoms with van der Waals surface area (Å²) in [4.78, 5) is 0. The highest BCUT2D eigenvalue weighted by Crippen LogP contribution is 2.39. The summed E-state index contributed by atoms with van der Waals surface area (Å²) in [5.41, 5.74) is 0. The summed E-state index contributed by atoms with van der Waals surface area (Å²) in [6, 6.07) is 2.81. The van der Waals surface area contributed by atoms with Gasteiger partial charge in [-0.15, -0.1) is 0 Å². The number of ether oxygens (including phenoxy) is 14. The summed E-state index contributed by atoms with van der Waals surface area (Å²) in [6.45, 7) is -5.58. The highest BCUT2D eigenvalue weighted by atomic mass is 16.8. The molecule has 21 aliphatic rings. The fourth-order valence-electron chi connectivity index (χ4n) is 10.7. The normalized spacial score (nSPS) is 53.8. The highest BCUT2D eigenvalue weighted by Gasteiger charge is 2.60. The fraction of sp³-hybridized carbons (Fsp3) is 0.955. The summed E-state index contributed by atoms with van der Waals surface area (Å²) in [6.07, 6.45) is -79.5. The maximum atomic E-state index is 11.4. The van der Waals surface area contributed by atoms with Crippen LogP contribution in [0, 0.1) is 22.7 Å². The molecule has 0 amide bonds. The molecule has 21 saturated heterocycles. The lowest BCUT2D eigenvalue weighted by Gasteiger charge is -2.50. The molecule has 21 fully saturated rings. The van der Waals surface area contributed by atoms with Gasteiger partial charge in [0.2, 0.25) is 0 Å². The van der Waals surface area contributed by atoms with Crippen LogP contribution in [0.5, 0.6) is 0 Å². The van der Waals surface area contributed by atoms with Gasteiger partial charge in [-0.1, -0.05) is 0 Å². The molecular weight excluding hydrogens is 1120 g/mol. The molecule has 0 aromatic carbocycles. The second kappa shape index (κ2) is 27.1. The van der Waals surface area contributed by atoms with Crippen molar-refractivity contribution in [2.45, 2.75) is 227 Å². The van der Waals surface area contributed by atoms with Crippen LogP contribution in [0.2, 0.25) is 0 Å². The van der Waals surface area contributed by atoms with Crippen LogP contribution >= 0.6 is 0 Å². The van der Waals surface area contributed by atoms with Crippen LogP contribution in [0.1, 0.15) is 0 Å². The summed E-state index contributed by atoms with van der Waals surface area (Å²) in [5.74, 6) is 0. The molecule has 81 heavy (non-hydrogen) atoms. The minimum absolute atomic E-state index is 1.09. The second-order valence-electron chi connectivity index (χ2n) is 20.3. The fourth-order valence-corrected chi connectivity index (χ4v) is 10.7. The largest absolute Gasteiger partial charge is 0.394 e. The van der Waals surface area contributed by atoms with Crippen molar-refractivity contribution in [3.8, 4) is 12.1 Å². The SMILES string of the molecule is N#CC(O)[C@H]1O[C@@H]2O[C@H]3[C@H](O)[C@@H](O)[C@@H](O[C@H]4[C@H](O)[C@@H](O)[C@@H](O[C@H]5[C@H](O)[C@@H](O)[C@@H](O[C@H]6[C@H](O)[C@@H](O)[C@@H](O[C@H]7[C@H](O)[C@H](O)[C@@H](O[C@H]8[C@H](O)[C@H](O)[C@@H](O[C@H]1[C@H](O)[C@H]2O)O[C@@H]8CO)O[C@@H]7CO)O[C@@H]6C(O)C#N)O[C@@H]5CO)O[C@@H]4CO)O[C@@H]3CO. The van der Waals surface area contributed by atoms with Crippen molar-refractivity contribution in [1.29, 1.82) is 10.5 Å². The van der Waals surface area contributed by atoms with Gasteiger partial charge < -0.3 is 174 Å². The van der Waals surface area contributed by atoms with Gasteiger partial charge in [0.15, 0.2) is 56.2 Å². The number of hydrogen-bond donors (Lipinski definition) is 21. The average Bonchev–Trinajstić information content (AvgIpc) is 3.47. The van der Waals surface area contributed by atoms with Crippen molar-refractivity contribution >= 4 is 0 Å². The molecule has 0 aliphatic carbocycles. The van der Waals surface area contributed by atoms with E-state index in [0.29, 0.717) is 0 Å². The number of aliphatic hydroxyl groups is 21. The molecule has 37 heteroatoms. The van der Waals surface area contributed by atoms with Crippen LogP contribution in [0.25, 0.3) is 0 Å². The maximum absolute atomic E-state index is 11.4. The number of nitriles is 2. The molecular formula is C44H68N2O35. The van der Waals surface area contributed by atoms with E-state index < -0.39 is 260 Å². The first-order valence-electron chi connectivity index (χ1n) is 25.4. The van der Waals surface area contributed by atoms with Crippen LogP contribution in [-0.2, 0) is 66.3 Å². The van der Waals surface area contributed by atoms with E-state index in [1.54, 1.807) is 0 Å². The number of rotatable bonds is 7. The summed E-state index contributed by atoms with van der Waals surface area (Å²) in [5, 5.41) is 252. The molecule has 14 bridgehead atoms. The lowest BCUT2D eigenvalue weighted by molar-refractivity contribution is -0.398. The van der Waals surface area contributed by atoms with Crippen LogP contribution in [-0.4, -0.2) is 367 Å². The quantitative estimate of drug-likeness (QED) is 0.105. The lowest BCUT2D eigenvalue weighted by Crippen LogP contribution is -2.69. The third-order valence-corrected chi connectivity index (χ3v) is 15.2. The first kappa shape index (κ1) is 64.6. The van der Waals surface area contributed by atoms with E-state index >= 15 is 0 Å². The third kappa shape index (κ3) is 12.6. The molecule has 21 heterocycles. The summed E-state index contributed by atoms with van der Waals surface area (Å²) in [7, 11) is 0. The van der Waals surface area contributed by atoms with E-state index in [-0.39, 0.29) is 0 Å². The van der Waals surface area contributed by atoms with Crippen molar-refractivity contribution in [3.05, 3.63) is 0 Å². The van der Waals surface area contributed by atoms with Crippen LogP contribution in [0.15, 0.2) is 0 Å². The number of aliphatic hydroxyl groups excluding tert-OH is 21. The predicted octanol–water partition coefficient (Wildman–Crippen LogP) is -15.4. The van der Waals surface area contributed by atoms with Crippen molar-refractivity contribution < 1.29 is 174 Å². The number of hydrogen-bond acceptors (Lipinski definition) is 37. The molecule has 2 unspecified atom stereocenters. The Morgan fingerprint density at radius 2 is 0.407 bits per heavy atom. The average molecular weight is 1190 g/mol. The topological polar surface area (TPSA) is 602 Å². The Labute approximate surface area is 455 Å². The van der Waals surface area contributed by atoms with E-state index in [2.05, 4.69) is 0 Å². The number of nitrogens with zero attached hydrogens (tertiary/aromatic N) is 2. The maximum Gasteiger partial charge on any atom is 0.187 e. The molecule has 464 valence electrons. The zero-order chi connectivity index (χ0) is 59.2. The molecule has 0 aromatic rings. The Bertz CT molecular complexity index is 2070. The molecule has 21 rings (SSSR count). The monoisotopic (exact) mass is 1180 g/mol. The standard InChI is InChI=1S/C44H68N2O35/c45-1-8(52)29-36-21(60)28(67)44(74-29)79-35-14(7-51)70-40(24(63)17(35)56)77-33-12(5-49)72-42(26(65)19(33)58)81-37-20(59)27(66)43(73-30(37)9(53)2-46)78-34-13(6-50)69-39(23(62)16(34)55)75-31-10(3-47)68-38(22(61)15(31)54)76-32-11(4-48)71-41(80-36)25(64)18(32)57/h8-44,47-67H,3-7H2/t8?,9?,10-,11-,12-,13-,14-,15-,16-,17-,18-,19-,20-,21-,22-,23-,24+,25-,26+,27-,28-,29-,30-,31-,32-,33-,34-,35-,36+,37+,38-,39-,40-,41-,42-,43-,44-/m1/s1. The van der Waals surface area contributed by atoms with Crippen molar-refractivity contribution in [1.82, 2.24) is 0 Å². The van der Waals surface area contributed by atoms with Gasteiger partial charge in [-0.05, 0) is 0 Å². The minimum Gasteiger partial charge on any atom is -0.394 e. The van der Waals surface area contributed by atoms with Crippen LogP contribution in [0.4, 0.5) is 0 Å². The van der Waals surface area contributed by atoms with Gasteiger partial charge in [0.25, 0.3) is 0 Å². The van der Waals surface area contributed by atoms with E-state index in [4.69, 9.17) is 66.3 Å². The zero-order valence-corrected chi connectivity index (χ0v) is 41.9. The molecule has 0 aromatic heterocycles. The Morgan fingerprint density at radius 3 is 0.580 bits per heavy atom. The molecule has 0 spiro atoms. The third-order valence-electron chi connectivity index (χ3n) is 15.2. The predicted molar refractivity (Wildman–Crippen MR) is 238 cm³/mol. The zero-order valence-electron chi connectivity index (χ0n) is 41.9. The second-order valence-corrected chi connectivity index (χ2v) is 20.3. The first-order chi connectivity index (χ1) is 38.5. The van der Waals surface area contributed by atoms with Crippen LogP contribution < -0.4 is 0 Å².